The van der Waals surface area contributed by atoms with Gasteiger partial charge in [-0.15, -0.1) is 0 Å². The molecule has 6 rings (SSSR count). The number of aliphatic hydroxyl groups is 1. The topological polar surface area (TPSA) is 103 Å². The van der Waals surface area contributed by atoms with E-state index >= 15 is 0 Å². The van der Waals surface area contributed by atoms with Crippen molar-refractivity contribution >= 4 is 29.0 Å². The van der Waals surface area contributed by atoms with Crippen LogP contribution >= 0.6 is 0 Å². The van der Waals surface area contributed by atoms with E-state index in [1.54, 1.807) is 0 Å². The third-order valence-corrected chi connectivity index (χ3v) is 8.74. The Morgan fingerprint density at radius 1 is 1.13 bits per heavy atom. The first kappa shape index (κ1) is 26.1. The van der Waals surface area contributed by atoms with E-state index in [0.717, 1.165) is 56.1 Å². The number of rotatable bonds is 7. The van der Waals surface area contributed by atoms with Crippen LogP contribution in [-0.4, -0.2) is 72.5 Å². The molecule has 2 aliphatic carbocycles. The van der Waals surface area contributed by atoms with Gasteiger partial charge in [-0.25, -0.2) is 4.98 Å². The third kappa shape index (κ3) is 5.89. The number of aliphatic hydroxyl groups excluding tert-OH is 1. The van der Waals surface area contributed by atoms with E-state index < -0.39 is 0 Å². The monoisotopic (exact) mass is 532 g/mol. The first-order chi connectivity index (χ1) is 18.9. The Kier molecular flexibility index (Phi) is 7.20. The number of carbonyl (C=O) groups excluding carboxylic acids is 1. The summed E-state index contributed by atoms with van der Waals surface area (Å²) in [4.78, 5) is 27.5. The molecule has 1 spiro atoms. The third-order valence-electron chi connectivity index (χ3n) is 8.74. The summed E-state index contributed by atoms with van der Waals surface area (Å²) in [5.74, 6) is 0.989. The highest BCUT2D eigenvalue weighted by Crippen LogP contribution is 2.54. The number of piperidine rings is 1. The second-order valence-electron chi connectivity index (χ2n) is 11.8. The highest BCUT2D eigenvalue weighted by Gasteiger charge is 2.44. The van der Waals surface area contributed by atoms with Crippen molar-refractivity contribution < 1.29 is 14.6 Å². The minimum Gasteiger partial charge on any atom is -0.392 e. The number of morpholine rings is 1. The van der Waals surface area contributed by atoms with Gasteiger partial charge in [0.1, 0.15) is 5.82 Å². The summed E-state index contributed by atoms with van der Waals surface area (Å²) in [6.07, 6.45) is 8.98. The summed E-state index contributed by atoms with van der Waals surface area (Å²) < 4.78 is 5.67. The molecule has 0 radical (unpaired) electrons. The molecular weight excluding hydrogens is 492 g/mol. The molecule has 2 aromatic rings. The van der Waals surface area contributed by atoms with Crippen LogP contribution in [0.3, 0.4) is 0 Å². The van der Waals surface area contributed by atoms with Crippen molar-refractivity contribution in [3.8, 4) is 0 Å². The normalized spacial score (nSPS) is 23.8. The number of amides is 1. The molecule has 0 bridgehead atoms. The fourth-order valence-corrected chi connectivity index (χ4v) is 6.12. The SMILES string of the molecule is Cc1cc(NC(=O)c2ccc(NC3CC(=CCO)C3)cc2N2CCC3(CC2)CC3)nc(N2CCO[C@H](C)C2)n1. The number of aromatic nitrogens is 2. The summed E-state index contributed by atoms with van der Waals surface area (Å²) in [6, 6.07) is 8.27. The number of ether oxygens (including phenoxy) is 1. The molecule has 1 atom stereocenters. The van der Waals surface area contributed by atoms with Crippen molar-refractivity contribution in [3.05, 3.63) is 47.2 Å². The van der Waals surface area contributed by atoms with Crippen LogP contribution in [0.5, 0.6) is 0 Å². The van der Waals surface area contributed by atoms with Gasteiger partial charge in [0, 0.05) is 49.7 Å². The van der Waals surface area contributed by atoms with Gasteiger partial charge < -0.3 is 30.3 Å². The Morgan fingerprint density at radius 3 is 2.64 bits per heavy atom. The first-order valence-electron chi connectivity index (χ1n) is 14.4. The van der Waals surface area contributed by atoms with Crippen LogP contribution in [0.15, 0.2) is 35.9 Å². The summed E-state index contributed by atoms with van der Waals surface area (Å²) in [5, 5.41) is 15.8. The largest absolute Gasteiger partial charge is 0.392 e. The van der Waals surface area contributed by atoms with Crippen LogP contribution in [0.2, 0.25) is 0 Å². The van der Waals surface area contributed by atoms with Gasteiger partial charge in [0.2, 0.25) is 5.95 Å². The molecule has 3 heterocycles. The van der Waals surface area contributed by atoms with Crippen molar-refractivity contribution in [3.63, 3.8) is 0 Å². The fourth-order valence-electron chi connectivity index (χ4n) is 6.12. The molecule has 9 heteroatoms. The number of aryl methyl sites for hydroxylation is 1. The molecule has 1 aromatic carbocycles. The van der Waals surface area contributed by atoms with Crippen LogP contribution in [0.25, 0.3) is 0 Å². The standard InChI is InChI=1S/C30H40N6O3/c1-20-15-27(34-29(31-20)36-12-14-39-21(2)19-36)33-28(38)25-4-3-23(32-24-16-22(17-24)5-13-37)18-26(25)35-10-8-30(6-7-30)9-11-35/h3-5,15,18,21,24,32,37H,6-14,16-17,19H2,1-2H3,(H,31,33,34,38)/t21-,24?/m1/s1. The van der Waals surface area contributed by atoms with Crippen molar-refractivity contribution in [2.75, 3.05) is 59.8 Å². The zero-order chi connectivity index (χ0) is 27.0. The minimum absolute atomic E-state index is 0.103. The van der Waals surface area contributed by atoms with Crippen LogP contribution in [0.1, 0.15) is 61.5 Å². The summed E-state index contributed by atoms with van der Waals surface area (Å²) >= 11 is 0. The van der Waals surface area contributed by atoms with Gasteiger partial charge in [0.25, 0.3) is 5.91 Å². The Bertz CT molecular complexity index is 1240. The number of nitrogens with one attached hydrogen (secondary N) is 2. The Hall–Kier alpha value is -3.17. The number of anilines is 4. The maximum atomic E-state index is 13.7. The van der Waals surface area contributed by atoms with E-state index in [2.05, 4.69) is 31.5 Å². The van der Waals surface area contributed by atoms with E-state index in [-0.39, 0.29) is 18.6 Å². The lowest BCUT2D eigenvalue weighted by Gasteiger charge is -2.36. The predicted octanol–water partition coefficient (Wildman–Crippen LogP) is 4.14. The van der Waals surface area contributed by atoms with Gasteiger partial charge in [0.15, 0.2) is 0 Å². The lowest BCUT2D eigenvalue weighted by atomic mass is 9.86. The van der Waals surface area contributed by atoms with E-state index in [0.29, 0.717) is 35.4 Å². The van der Waals surface area contributed by atoms with Gasteiger partial charge in [-0.2, -0.15) is 4.98 Å². The molecule has 39 heavy (non-hydrogen) atoms. The second-order valence-corrected chi connectivity index (χ2v) is 11.8. The first-order valence-corrected chi connectivity index (χ1v) is 14.4. The van der Waals surface area contributed by atoms with E-state index in [1.165, 1.54) is 31.3 Å². The average Bonchev–Trinajstić information content (AvgIpc) is 3.66. The molecule has 208 valence electrons. The maximum Gasteiger partial charge on any atom is 0.258 e. The number of hydrogen-bond acceptors (Lipinski definition) is 8. The molecule has 2 saturated heterocycles. The maximum absolute atomic E-state index is 13.7. The van der Waals surface area contributed by atoms with E-state index in [1.807, 2.05) is 38.1 Å². The molecule has 4 fully saturated rings. The highest BCUT2D eigenvalue weighted by atomic mass is 16.5. The predicted molar refractivity (Wildman–Crippen MR) is 154 cm³/mol. The number of hydrogen-bond donors (Lipinski definition) is 3. The van der Waals surface area contributed by atoms with Crippen LogP contribution in [0.4, 0.5) is 23.1 Å². The van der Waals surface area contributed by atoms with E-state index in [9.17, 15) is 4.79 Å². The molecular formula is C30H40N6O3. The van der Waals surface area contributed by atoms with E-state index in [4.69, 9.17) is 14.8 Å². The average molecular weight is 533 g/mol. The molecule has 0 unspecified atom stereocenters. The van der Waals surface area contributed by atoms with Gasteiger partial charge in [-0.3, -0.25) is 4.79 Å². The fraction of sp³-hybridized carbons (Fsp3) is 0.567. The van der Waals surface area contributed by atoms with Crippen LogP contribution in [-0.2, 0) is 4.74 Å². The second kappa shape index (κ2) is 10.8. The van der Waals surface area contributed by atoms with Crippen molar-refractivity contribution in [2.45, 2.75) is 64.5 Å². The molecule has 1 aromatic heterocycles. The minimum atomic E-state index is -0.153. The summed E-state index contributed by atoms with van der Waals surface area (Å²) in [5.41, 5.74) is 5.34. The summed E-state index contributed by atoms with van der Waals surface area (Å²) in [6.45, 7) is 8.13. The molecule has 4 aliphatic rings. The lowest BCUT2D eigenvalue weighted by Crippen LogP contribution is -2.42. The molecule has 2 aliphatic heterocycles. The Balaban J connectivity index is 1.22. The smallest absolute Gasteiger partial charge is 0.258 e. The molecule has 3 N–H and O–H groups in total. The van der Waals surface area contributed by atoms with Gasteiger partial charge in [-0.1, -0.05) is 11.6 Å². The van der Waals surface area contributed by atoms with Crippen molar-refractivity contribution in [1.29, 1.82) is 0 Å². The van der Waals surface area contributed by atoms with Gasteiger partial charge >= 0.3 is 0 Å². The molecule has 2 saturated carbocycles. The highest BCUT2D eigenvalue weighted by molar-refractivity contribution is 6.08. The quantitative estimate of drug-likeness (QED) is 0.458. The molecule has 1 amide bonds. The number of carbonyl (C=O) groups is 1. The molecule has 9 nitrogen and oxygen atoms in total. The zero-order valence-corrected chi connectivity index (χ0v) is 23.1. The Morgan fingerprint density at radius 2 is 1.92 bits per heavy atom. The summed E-state index contributed by atoms with van der Waals surface area (Å²) in [7, 11) is 0. The van der Waals surface area contributed by atoms with Gasteiger partial charge in [-0.05, 0) is 76.0 Å². The van der Waals surface area contributed by atoms with Crippen LogP contribution < -0.4 is 20.4 Å². The number of nitrogens with zero attached hydrogens (tertiary/aromatic N) is 4. The lowest BCUT2D eigenvalue weighted by molar-refractivity contribution is 0.0526. The van der Waals surface area contributed by atoms with Gasteiger partial charge in [0.05, 0.1) is 30.6 Å². The van der Waals surface area contributed by atoms with Crippen molar-refractivity contribution in [2.24, 2.45) is 5.41 Å². The van der Waals surface area contributed by atoms with Crippen molar-refractivity contribution in [1.82, 2.24) is 9.97 Å². The van der Waals surface area contributed by atoms with Crippen LogP contribution in [0, 0.1) is 12.3 Å². The Labute approximate surface area is 230 Å². The number of benzene rings is 1. The zero-order valence-electron chi connectivity index (χ0n) is 23.1.